The van der Waals surface area contributed by atoms with Crippen molar-refractivity contribution in [3.8, 4) is 28.3 Å². The molecule has 0 radical (unpaired) electrons. The van der Waals surface area contributed by atoms with Crippen LogP contribution in [0.5, 0.6) is 5.75 Å². The van der Waals surface area contributed by atoms with Crippen LogP contribution in [0, 0.1) is 0 Å². The van der Waals surface area contributed by atoms with Gasteiger partial charge in [-0.3, -0.25) is 0 Å². The van der Waals surface area contributed by atoms with Crippen LogP contribution in [-0.2, 0) is 0 Å². The van der Waals surface area contributed by atoms with Gasteiger partial charge < -0.3 is 5.11 Å². The van der Waals surface area contributed by atoms with Crippen LogP contribution in [0.4, 0.5) is 0 Å². The lowest BCUT2D eigenvalue weighted by Crippen LogP contribution is -1.83. The number of benzene rings is 2. The molecule has 3 aromatic rings. The van der Waals surface area contributed by atoms with Gasteiger partial charge in [0.2, 0.25) is 5.82 Å². The molecular formula is C13H10N4O. The van der Waals surface area contributed by atoms with E-state index in [1.807, 2.05) is 36.4 Å². The highest BCUT2D eigenvalue weighted by Crippen LogP contribution is 2.25. The van der Waals surface area contributed by atoms with Crippen molar-refractivity contribution in [1.29, 1.82) is 0 Å². The van der Waals surface area contributed by atoms with Gasteiger partial charge in [-0.2, -0.15) is 5.21 Å². The van der Waals surface area contributed by atoms with E-state index in [1.165, 1.54) is 0 Å². The maximum absolute atomic E-state index is 9.28. The maximum atomic E-state index is 9.28. The van der Waals surface area contributed by atoms with Crippen molar-refractivity contribution < 1.29 is 5.11 Å². The first-order valence-electron chi connectivity index (χ1n) is 5.46. The molecule has 0 fully saturated rings. The fraction of sp³-hybridized carbons (Fsp3) is 0. The standard InChI is InChI=1S/C13H10N4O/c18-12-6-4-9(5-7-12)10-2-1-3-11(8-10)13-14-16-17-15-13/h1-8,18H,(H,14,15,16,17). The van der Waals surface area contributed by atoms with E-state index in [1.54, 1.807) is 12.1 Å². The minimum atomic E-state index is 0.257. The molecule has 0 unspecified atom stereocenters. The van der Waals surface area contributed by atoms with Crippen molar-refractivity contribution >= 4 is 0 Å². The van der Waals surface area contributed by atoms with E-state index in [-0.39, 0.29) is 5.75 Å². The normalized spacial score (nSPS) is 10.4. The molecule has 3 rings (SSSR count). The Kier molecular flexibility index (Phi) is 2.49. The summed E-state index contributed by atoms with van der Waals surface area (Å²) in [4.78, 5) is 0. The Bertz CT molecular complexity index is 647. The lowest BCUT2D eigenvalue weighted by atomic mass is 10.0. The Balaban J connectivity index is 2.03. The summed E-state index contributed by atoms with van der Waals surface area (Å²) < 4.78 is 0. The summed E-state index contributed by atoms with van der Waals surface area (Å²) in [6.07, 6.45) is 0. The van der Waals surface area contributed by atoms with E-state index in [0.717, 1.165) is 16.7 Å². The van der Waals surface area contributed by atoms with Crippen LogP contribution in [0.1, 0.15) is 0 Å². The molecule has 5 nitrogen and oxygen atoms in total. The fourth-order valence-electron chi connectivity index (χ4n) is 1.78. The van der Waals surface area contributed by atoms with Crippen LogP contribution in [0.2, 0.25) is 0 Å². The van der Waals surface area contributed by atoms with Gasteiger partial charge in [0.05, 0.1) is 0 Å². The third-order valence-corrected chi connectivity index (χ3v) is 2.67. The van der Waals surface area contributed by atoms with Crippen molar-refractivity contribution in [2.75, 3.05) is 0 Å². The van der Waals surface area contributed by atoms with E-state index < -0.39 is 0 Å². The molecule has 0 spiro atoms. The van der Waals surface area contributed by atoms with E-state index in [0.29, 0.717) is 5.82 Å². The fourth-order valence-corrected chi connectivity index (χ4v) is 1.78. The lowest BCUT2D eigenvalue weighted by Gasteiger charge is -2.03. The van der Waals surface area contributed by atoms with Crippen molar-refractivity contribution in [3.63, 3.8) is 0 Å². The summed E-state index contributed by atoms with van der Waals surface area (Å²) in [5, 5.41) is 23.1. The molecule has 2 N–H and O–H groups in total. The Morgan fingerprint density at radius 1 is 0.889 bits per heavy atom. The van der Waals surface area contributed by atoms with Crippen LogP contribution < -0.4 is 0 Å². The topological polar surface area (TPSA) is 74.7 Å². The number of hydrogen-bond acceptors (Lipinski definition) is 4. The van der Waals surface area contributed by atoms with E-state index >= 15 is 0 Å². The zero-order valence-electron chi connectivity index (χ0n) is 9.41. The number of nitrogens with one attached hydrogen (secondary N) is 1. The first-order valence-corrected chi connectivity index (χ1v) is 5.46. The summed E-state index contributed by atoms with van der Waals surface area (Å²) in [6, 6.07) is 14.9. The minimum Gasteiger partial charge on any atom is -0.508 e. The first kappa shape index (κ1) is 10.5. The van der Waals surface area contributed by atoms with Crippen molar-refractivity contribution in [2.45, 2.75) is 0 Å². The van der Waals surface area contributed by atoms with Gasteiger partial charge in [0.1, 0.15) is 5.75 Å². The number of H-pyrrole nitrogens is 1. The first-order chi connectivity index (χ1) is 8.83. The Morgan fingerprint density at radius 3 is 2.39 bits per heavy atom. The second kappa shape index (κ2) is 4.29. The molecule has 0 atom stereocenters. The molecule has 5 heteroatoms. The second-order valence-electron chi connectivity index (χ2n) is 3.86. The summed E-state index contributed by atoms with van der Waals surface area (Å²) in [5.41, 5.74) is 2.96. The largest absolute Gasteiger partial charge is 0.508 e. The van der Waals surface area contributed by atoms with Gasteiger partial charge in [-0.25, -0.2) is 0 Å². The number of phenolic OH excluding ortho intramolecular Hbond substituents is 1. The molecule has 0 bridgehead atoms. The smallest absolute Gasteiger partial charge is 0.204 e. The van der Waals surface area contributed by atoms with Crippen LogP contribution in [0.3, 0.4) is 0 Å². The molecule has 0 aliphatic carbocycles. The number of phenols is 1. The molecule has 18 heavy (non-hydrogen) atoms. The molecule has 0 saturated carbocycles. The Labute approximate surface area is 103 Å². The molecule has 0 saturated heterocycles. The van der Waals surface area contributed by atoms with Gasteiger partial charge in [0, 0.05) is 5.56 Å². The molecule has 0 aliphatic rings. The minimum absolute atomic E-state index is 0.257. The SMILES string of the molecule is Oc1ccc(-c2cccc(-c3nn[nH]n3)c2)cc1. The van der Waals surface area contributed by atoms with Crippen molar-refractivity contribution in [1.82, 2.24) is 20.6 Å². The average Bonchev–Trinajstić information content (AvgIpc) is 2.94. The molecule has 2 aromatic carbocycles. The van der Waals surface area contributed by atoms with Crippen LogP contribution in [-0.4, -0.2) is 25.7 Å². The number of rotatable bonds is 2. The molecule has 88 valence electrons. The molecular weight excluding hydrogens is 228 g/mol. The number of nitrogens with zero attached hydrogens (tertiary/aromatic N) is 3. The lowest BCUT2D eigenvalue weighted by molar-refractivity contribution is 0.475. The van der Waals surface area contributed by atoms with Crippen LogP contribution in [0.25, 0.3) is 22.5 Å². The molecule has 1 aromatic heterocycles. The predicted molar refractivity (Wildman–Crippen MR) is 66.7 cm³/mol. The Morgan fingerprint density at radius 2 is 1.67 bits per heavy atom. The highest BCUT2D eigenvalue weighted by atomic mass is 16.3. The van der Waals surface area contributed by atoms with E-state index in [4.69, 9.17) is 0 Å². The van der Waals surface area contributed by atoms with Crippen LogP contribution in [0.15, 0.2) is 48.5 Å². The van der Waals surface area contributed by atoms with E-state index in [9.17, 15) is 5.11 Å². The Hall–Kier alpha value is -2.69. The second-order valence-corrected chi connectivity index (χ2v) is 3.86. The van der Waals surface area contributed by atoms with Crippen molar-refractivity contribution in [3.05, 3.63) is 48.5 Å². The van der Waals surface area contributed by atoms with Gasteiger partial charge in [0.15, 0.2) is 0 Å². The third-order valence-electron chi connectivity index (χ3n) is 2.67. The quantitative estimate of drug-likeness (QED) is 0.718. The van der Waals surface area contributed by atoms with Crippen molar-refractivity contribution in [2.24, 2.45) is 0 Å². The molecule has 0 aliphatic heterocycles. The summed E-state index contributed by atoms with van der Waals surface area (Å²) in [7, 11) is 0. The highest BCUT2D eigenvalue weighted by Gasteiger charge is 2.04. The van der Waals surface area contributed by atoms with Gasteiger partial charge in [-0.05, 0) is 34.5 Å². The van der Waals surface area contributed by atoms with E-state index in [2.05, 4.69) is 20.6 Å². The summed E-state index contributed by atoms with van der Waals surface area (Å²) in [6.45, 7) is 0. The number of aromatic amines is 1. The van der Waals surface area contributed by atoms with Gasteiger partial charge in [-0.15, -0.1) is 10.2 Å². The number of hydrogen-bond donors (Lipinski definition) is 2. The average molecular weight is 238 g/mol. The highest BCUT2D eigenvalue weighted by molar-refractivity contribution is 5.70. The molecule has 0 amide bonds. The van der Waals surface area contributed by atoms with Gasteiger partial charge in [0.25, 0.3) is 0 Å². The maximum Gasteiger partial charge on any atom is 0.204 e. The zero-order valence-corrected chi connectivity index (χ0v) is 9.41. The molecule has 1 heterocycles. The third kappa shape index (κ3) is 1.93. The summed E-state index contributed by atoms with van der Waals surface area (Å²) >= 11 is 0. The number of tetrazole rings is 1. The monoisotopic (exact) mass is 238 g/mol. The van der Waals surface area contributed by atoms with Crippen LogP contribution >= 0.6 is 0 Å². The van der Waals surface area contributed by atoms with Gasteiger partial charge in [-0.1, -0.05) is 30.3 Å². The summed E-state index contributed by atoms with van der Waals surface area (Å²) in [5.74, 6) is 0.823. The number of aromatic nitrogens is 4. The van der Waals surface area contributed by atoms with Gasteiger partial charge >= 0.3 is 0 Å². The predicted octanol–water partition coefficient (Wildman–Crippen LogP) is 2.24. The zero-order chi connectivity index (χ0) is 12.4. The number of aromatic hydroxyl groups is 1.